The Bertz CT molecular complexity index is 1380. The van der Waals surface area contributed by atoms with Gasteiger partial charge in [0.25, 0.3) is 0 Å². The molecule has 0 unspecified atom stereocenters. The number of methoxy groups -OCH3 is 2. The minimum atomic E-state index is -3.89. The highest BCUT2D eigenvalue weighted by molar-refractivity contribution is 7.91. The van der Waals surface area contributed by atoms with Gasteiger partial charge in [-0.15, -0.1) is 0 Å². The van der Waals surface area contributed by atoms with Crippen molar-refractivity contribution in [2.75, 3.05) is 26.1 Å². The van der Waals surface area contributed by atoms with Crippen molar-refractivity contribution in [1.29, 1.82) is 0 Å². The zero-order chi connectivity index (χ0) is 24.1. The van der Waals surface area contributed by atoms with Crippen molar-refractivity contribution in [2.45, 2.75) is 23.3 Å². The maximum atomic E-state index is 13.4. The molecule has 0 aliphatic rings. The van der Waals surface area contributed by atoms with Crippen LogP contribution in [0.3, 0.4) is 0 Å². The number of oxazole rings is 1. The third-order valence-electron chi connectivity index (χ3n) is 5.43. The molecule has 0 spiro atoms. The van der Waals surface area contributed by atoms with Gasteiger partial charge in [-0.2, -0.15) is 4.98 Å². The van der Waals surface area contributed by atoms with Crippen molar-refractivity contribution in [2.24, 2.45) is 0 Å². The summed E-state index contributed by atoms with van der Waals surface area (Å²) in [5, 5.41) is 3.00. The van der Waals surface area contributed by atoms with Crippen LogP contribution in [0.15, 0.2) is 87.1 Å². The molecule has 4 aromatic rings. The second-order valence-electron chi connectivity index (χ2n) is 7.65. The van der Waals surface area contributed by atoms with Gasteiger partial charge in [-0.1, -0.05) is 42.5 Å². The van der Waals surface area contributed by atoms with Crippen molar-refractivity contribution in [3.63, 3.8) is 0 Å². The van der Waals surface area contributed by atoms with Crippen molar-refractivity contribution in [1.82, 2.24) is 4.98 Å². The fourth-order valence-electron chi connectivity index (χ4n) is 3.60. The average Bonchev–Trinajstić information content (AvgIpc) is 3.29. The summed E-state index contributed by atoms with van der Waals surface area (Å²) in [5.41, 5.74) is 2.67. The Kier molecular flexibility index (Phi) is 6.88. The maximum absolute atomic E-state index is 13.4. The van der Waals surface area contributed by atoms with Crippen LogP contribution in [0.4, 0.5) is 5.88 Å². The quantitative estimate of drug-likeness (QED) is 0.356. The molecule has 0 amide bonds. The Morgan fingerprint density at radius 3 is 2.32 bits per heavy atom. The van der Waals surface area contributed by atoms with Crippen LogP contribution in [0, 0.1) is 6.92 Å². The van der Waals surface area contributed by atoms with Crippen LogP contribution in [-0.2, 0) is 16.3 Å². The number of hydrogen-bond donors (Lipinski definition) is 1. The fourth-order valence-corrected chi connectivity index (χ4v) is 4.90. The number of nitrogens with zero attached hydrogens (tertiary/aromatic N) is 1. The van der Waals surface area contributed by atoms with Crippen molar-refractivity contribution >= 4 is 15.7 Å². The summed E-state index contributed by atoms with van der Waals surface area (Å²) in [6.45, 7) is 2.35. The van der Waals surface area contributed by atoms with Crippen LogP contribution >= 0.6 is 0 Å². The van der Waals surface area contributed by atoms with Gasteiger partial charge in [-0.25, -0.2) is 8.42 Å². The Morgan fingerprint density at radius 2 is 1.62 bits per heavy atom. The molecule has 1 aromatic heterocycles. The third kappa shape index (κ3) is 4.77. The Balaban J connectivity index is 1.65. The molecule has 0 saturated heterocycles. The number of benzene rings is 3. The molecule has 7 nitrogen and oxygen atoms in total. The van der Waals surface area contributed by atoms with Gasteiger partial charge in [0.1, 0.15) is 0 Å². The van der Waals surface area contributed by atoms with E-state index in [4.69, 9.17) is 13.9 Å². The van der Waals surface area contributed by atoms with E-state index in [1.807, 2.05) is 49.4 Å². The summed E-state index contributed by atoms with van der Waals surface area (Å²) in [5.74, 6) is 1.64. The molecule has 0 bridgehead atoms. The lowest BCUT2D eigenvalue weighted by atomic mass is 10.1. The summed E-state index contributed by atoms with van der Waals surface area (Å²) in [6, 6.07) is 21.4. The molecule has 0 saturated carbocycles. The summed E-state index contributed by atoms with van der Waals surface area (Å²) >= 11 is 0. The predicted molar refractivity (Wildman–Crippen MR) is 130 cm³/mol. The van der Waals surface area contributed by atoms with Crippen LogP contribution < -0.4 is 14.8 Å². The third-order valence-corrected chi connectivity index (χ3v) is 7.11. The van der Waals surface area contributed by atoms with Gasteiger partial charge in [0, 0.05) is 12.1 Å². The molecule has 0 aliphatic heterocycles. The Hall–Kier alpha value is -3.78. The van der Waals surface area contributed by atoms with E-state index in [0.717, 1.165) is 16.7 Å². The number of aromatic nitrogens is 1. The number of aryl methyl sites for hydroxylation is 1. The summed E-state index contributed by atoms with van der Waals surface area (Å²) in [6.07, 6.45) is 0.603. The number of hydrogen-bond acceptors (Lipinski definition) is 7. The number of anilines is 1. The largest absolute Gasteiger partial charge is 0.493 e. The van der Waals surface area contributed by atoms with Gasteiger partial charge in [-0.05, 0) is 54.8 Å². The lowest BCUT2D eigenvalue weighted by Crippen LogP contribution is -2.10. The van der Waals surface area contributed by atoms with E-state index in [1.165, 1.54) is 0 Å². The summed E-state index contributed by atoms with van der Waals surface area (Å²) in [7, 11) is -0.716. The second-order valence-corrected chi connectivity index (χ2v) is 9.52. The number of rotatable bonds is 9. The smallest absolute Gasteiger partial charge is 0.233 e. The predicted octanol–water partition coefficient (Wildman–Crippen LogP) is 5.15. The highest BCUT2D eigenvalue weighted by Gasteiger charge is 2.28. The monoisotopic (exact) mass is 478 g/mol. The van der Waals surface area contributed by atoms with Crippen LogP contribution in [-0.4, -0.2) is 34.2 Å². The van der Waals surface area contributed by atoms with E-state index in [2.05, 4.69) is 10.3 Å². The maximum Gasteiger partial charge on any atom is 0.233 e. The van der Waals surface area contributed by atoms with Gasteiger partial charge in [0.05, 0.1) is 19.1 Å². The van der Waals surface area contributed by atoms with E-state index in [9.17, 15) is 8.42 Å². The first-order valence-corrected chi connectivity index (χ1v) is 12.2. The molecule has 0 atom stereocenters. The van der Waals surface area contributed by atoms with Crippen LogP contribution in [0.2, 0.25) is 0 Å². The molecule has 176 valence electrons. The number of ether oxygens (including phenoxy) is 2. The molecule has 1 heterocycles. The first-order chi connectivity index (χ1) is 16.4. The number of sulfone groups is 1. The van der Waals surface area contributed by atoms with Gasteiger partial charge >= 0.3 is 0 Å². The fraction of sp³-hybridized carbons (Fsp3) is 0.192. The number of nitrogens with one attached hydrogen (secondary N) is 1. The molecular weight excluding hydrogens is 452 g/mol. The van der Waals surface area contributed by atoms with E-state index in [1.54, 1.807) is 44.6 Å². The molecule has 1 N–H and O–H groups in total. The zero-order valence-electron chi connectivity index (χ0n) is 19.2. The molecular formula is C26H26N2O5S. The van der Waals surface area contributed by atoms with Crippen molar-refractivity contribution in [3.8, 4) is 23.0 Å². The van der Waals surface area contributed by atoms with Gasteiger partial charge in [0.15, 0.2) is 11.5 Å². The average molecular weight is 479 g/mol. The van der Waals surface area contributed by atoms with Crippen molar-refractivity contribution < 1.29 is 22.3 Å². The summed E-state index contributed by atoms with van der Waals surface area (Å²) in [4.78, 5) is 4.57. The van der Waals surface area contributed by atoms with Gasteiger partial charge in [0.2, 0.25) is 26.6 Å². The molecule has 0 radical (unpaired) electrons. The summed E-state index contributed by atoms with van der Waals surface area (Å²) < 4.78 is 43.4. The van der Waals surface area contributed by atoms with E-state index < -0.39 is 9.84 Å². The first-order valence-electron chi connectivity index (χ1n) is 10.8. The first kappa shape index (κ1) is 23.4. The normalized spacial score (nSPS) is 11.3. The van der Waals surface area contributed by atoms with Crippen molar-refractivity contribution in [3.05, 3.63) is 83.9 Å². The standard InChI is InChI=1S/C26H26N2O5S/c1-18-9-7-8-12-21(18)24-28-26(34(29,30)20-10-5-4-6-11-20)25(33-24)27-16-15-19-13-14-22(31-2)23(17-19)32-3/h4-14,17,27H,15-16H2,1-3H3. The molecule has 4 rings (SSSR count). The topological polar surface area (TPSA) is 90.7 Å². The van der Waals surface area contributed by atoms with Crippen LogP contribution in [0.5, 0.6) is 11.5 Å². The SMILES string of the molecule is COc1ccc(CCNc2oc(-c3ccccc3C)nc2S(=O)(=O)c2ccccc2)cc1OC. The van der Waals surface area contributed by atoms with Crippen LogP contribution in [0.25, 0.3) is 11.5 Å². The van der Waals surface area contributed by atoms with Gasteiger partial charge in [-0.3, -0.25) is 0 Å². The van der Waals surface area contributed by atoms with Crippen LogP contribution in [0.1, 0.15) is 11.1 Å². The zero-order valence-corrected chi connectivity index (χ0v) is 20.1. The van der Waals surface area contributed by atoms with E-state index in [0.29, 0.717) is 24.5 Å². The van der Waals surface area contributed by atoms with E-state index in [-0.39, 0.29) is 21.7 Å². The minimum absolute atomic E-state index is 0.114. The minimum Gasteiger partial charge on any atom is -0.493 e. The highest BCUT2D eigenvalue weighted by atomic mass is 32.2. The molecule has 0 aliphatic carbocycles. The molecule has 0 fully saturated rings. The van der Waals surface area contributed by atoms with E-state index >= 15 is 0 Å². The van der Waals surface area contributed by atoms with Gasteiger partial charge < -0.3 is 19.2 Å². The lowest BCUT2D eigenvalue weighted by Gasteiger charge is -2.10. The molecule has 3 aromatic carbocycles. The molecule has 8 heteroatoms. The highest BCUT2D eigenvalue weighted by Crippen LogP contribution is 2.33. The second kappa shape index (κ2) is 10.0. The molecule has 34 heavy (non-hydrogen) atoms. The Morgan fingerprint density at radius 1 is 0.912 bits per heavy atom. The Labute approximate surface area is 199 Å². The lowest BCUT2D eigenvalue weighted by molar-refractivity contribution is 0.354.